The van der Waals surface area contributed by atoms with E-state index in [1.807, 2.05) is 0 Å². The second kappa shape index (κ2) is 4.39. The Hall–Kier alpha value is -1.14. The van der Waals surface area contributed by atoms with Crippen LogP contribution < -0.4 is 5.32 Å². The van der Waals surface area contributed by atoms with Crippen LogP contribution in [0.1, 0.15) is 11.6 Å². The minimum atomic E-state index is -1.40. The summed E-state index contributed by atoms with van der Waals surface area (Å²) >= 11 is 0. The van der Waals surface area contributed by atoms with Crippen molar-refractivity contribution in [2.24, 2.45) is 0 Å². The van der Waals surface area contributed by atoms with Crippen LogP contribution in [0.4, 0.5) is 17.6 Å². The Balaban J connectivity index is 2.45. The molecule has 1 saturated heterocycles. The molecule has 16 heavy (non-hydrogen) atoms. The van der Waals surface area contributed by atoms with E-state index in [4.69, 9.17) is 4.74 Å². The summed E-state index contributed by atoms with van der Waals surface area (Å²) in [5, 5.41) is 2.73. The third-order valence-electron chi connectivity index (χ3n) is 2.42. The molecule has 0 radical (unpaired) electrons. The van der Waals surface area contributed by atoms with E-state index >= 15 is 0 Å². The molecule has 0 spiro atoms. The van der Waals surface area contributed by atoms with E-state index in [9.17, 15) is 17.6 Å². The third-order valence-corrected chi connectivity index (χ3v) is 2.42. The predicted octanol–water partition coefficient (Wildman–Crippen LogP) is 1.90. The second-order valence-electron chi connectivity index (χ2n) is 3.46. The van der Waals surface area contributed by atoms with Crippen molar-refractivity contribution < 1.29 is 22.3 Å². The SMILES string of the molecule is Fc1cc(F)c(F)c([C@H]2COCCN2)c1F. The lowest BCUT2D eigenvalue weighted by Gasteiger charge is -2.24. The third kappa shape index (κ3) is 1.90. The van der Waals surface area contributed by atoms with Gasteiger partial charge in [-0.15, -0.1) is 0 Å². The van der Waals surface area contributed by atoms with Crippen LogP contribution in [0.3, 0.4) is 0 Å². The van der Waals surface area contributed by atoms with Gasteiger partial charge < -0.3 is 10.1 Å². The van der Waals surface area contributed by atoms with E-state index in [0.29, 0.717) is 13.2 Å². The number of hydrogen-bond donors (Lipinski definition) is 1. The average molecular weight is 235 g/mol. The lowest BCUT2D eigenvalue weighted by atomic mass is 10.0. The van der Waals surface area contributed by atoms with Crippen LogP contribution in [-0.2, 0) is 4.74 Å². The van der Waals surface area contributed by atoms with Crippen molar-refractivity contribution in [3.8, 4) is 0 Å². The van der Waals surface area contributed by atoms with E-state index in [1.165, 1.54) is 0 Å². The van der Waals surface area contributed by atoms with Crippen molar-refractivity contribution in [2.75, 3.05) is 19.8 Å². The lowest BCUT2D eigenvalue weighted by molar-refractivity contribution is 0.0740. The Bertz CT molecular complexity index is 378. The number of rotatable bonds is 1. The van der Waals surface area contributed by atoms with Gasteiger partial charge in [0.05, 0.1) is 19.3 Å². The Labute approximate surface area is 89.2 Å². The van der Waals surface area contributed by atoms with Crippen LogP contribution in [0.2, 0.25) is 0 Å². The summed E-state index contributed by atoms with van der Waals surface area (Å²) < 4.78 is 57.5. The maximum atomic E-state index is 13.3. The standard InChI is InChI=1S/C10H9F4NO/c11-5-3-6(12)10(14)8(9(5)13)7-4-16-2-1-15-7/h3,7,15H,1-2,4H2/t7-/m1/s1. The van der Waals surface area contributed by atoms with Gasteiger partial charge >= 0.3 is 0 Å². The quantitative estimate of drug-likeness (QED) is 0.593. The largest absolute Gasteiger partial charge is 0.378 e. The number of morpholine rings is 1. The zero-order valence-electron chi connectivity index (χ0n) is 8.20. The van der Waals surface area contributed by atoms with Gasteiger partial charge in [0.25, 0.3) is 0 Å². The molecular formula is C10H9F4NO. The topological polar surface area (TPSA) is 21.3 Å². The Morgan fingerprint density at radius 2 is 1.75 bits per heavy atom. The smallest absolute Gasteiger partial charge is 0.166 e. The van der Waals surface area contributed by atoms with Gasteiger partial charge in [0, 0.05) is 18.2 Å². The van der Waals surface area contributed by atoms with Gasteiger partial charge in [0.15, 0.2) is 23.3 Å². The number of benzene rings is 1. The van der Waals surface area contributed by atoms with E-state index < -0.39 is 34.9 Å². The van der Waals surface area contributed by atoms with Crippen LogP contribution in [0, 0.1) is 23.3 Å². The molecule has 1 aliphatic heterocycles. The fourth-order valence-electron chi connectivity index (χ4n) is 1.65. The van der Waals surface area contributed by atoms with E-state index in [-0.39, 0.29) is 12.7 Å². The molecule has 0 bridgehead atoms. The van der Waals surface area contributed by atoms with Gasteiger partial charge in [-0.2, -0.15) is 0 Å². The second-order valence-corrected chi connectivity index (χ2v) is 3.46. The molecule has 1 atom stereocenters. The monoisotopic (exact) mass is 235 g/mol. The molecule has 0 aliphatic carbocycles. The number of nitrogens with one attached hydrogen (secondary N) is 1. The minimum absolute atomic E-state index is 0.0171. The van der Waals surface area contributed by atoms with Crippen molar-refractivity contribution in [3.05, 3.63) is 34.9 Å². The normalized spacial score (nSPS) is 21.1. The number of ether oxygens (including phenoxy) is 1. The molecular weight excluding hydrogens is 226 g/mol. The van der Waals surface area contributed by atoms with Crippen molar-refractivity contribution in [3.63, 3.8) is 0 Å². The zero-order valence-corrected chi connectivity index (χ0v) is 8.20. The highest BCUT2D eigenvalue weighted by Crippen LogP contribution is 2.26. The van der Waals surface area contributed by atoms with Gasteiger partial charge in [-0.1, -0.05) is 0 Å². The van der Waals surface area contributed by atoms with E-state index in [1.54, 1.807) is 0 Å². The molecule has 88 valence electrons. The molecule has 6 heteroatoms. The fraction of sp³-hybridized carbons (Fsp3) is 0.400. The molecule has 0 aromatic heterocycles. The average Bonchev–Trinajstić information content (AvgIpc) is 2.28. The summed E-state index contributed by atoms with van der Waals surface area (Å²) in [6.07, 6.45) is 0. The van der Waals surface area contributed by atoms with Crippen molar-refractivity contribution >= 4 is 0 Å². The van der Waals surface area contributed by atoms with Gasteiger partial charge in [-0.25, -0.2) is 17.6 Å². The van der Waals surface area contributed by atoms with Crippen LogP contribution in [-0.4, -0.2) is 19.8 Å². The molecule has 1 fully saturated rings. The molecule has 2 rings (SSSR count). The van der Waals surface area contributed by atoms with Gasteiger partial charge in [0.2, 0.25) is 0 Å². The van der Waals surface area contributed by atoms with Crippen LogP contribution >= 0.6 is 0 Å². The van der Waals surface area contributed by atoms with Gasteiger partial charge in [0.1, 0.15) is 0 Å². The fourth-order valence-corrected chi connectivity index (χ4v) is 1.65. The number of halogens is 4. The van der Waals surface area contributed by atoms with Crippen molar-refractivity contribution in [2.45, 2.75) is 6.04 Å². The Morgan fingerprint density at radius 3 is 2.25 bits per heavy atom. The molecule has 1 N–H and O–H groups in total. The van der Waals surface area contributed by atoms with E-state index in [0.717, 1.165) is 0 Å². The molecule has 1 aromatic carbocycles. The lowest BCUT2D eigenvalue weighted by Crippen LogP contribution is -2.36. The summed E-state index contributed by atoms with van der Waals surface area (Å²) in [5.74, 6) is -5.55. The number of hydrogen-bond acceptors (Lipinski definition) is 2. The van der Waals surface area contributed by atoms with Crippen molar-refractivity contribution in [1.29, 1.82) is 0 Å². The maximum Gasteiger partial charge on any atom is 0.166 e. The maximum absolute atomic E-state index is 13.3. The van der Waals surface area contributed by atoms with Gasteiger partial charge in [-0.05, 0) is 0 Å². The zero-order chi connectivity index (χ0) is 11.7. The first-order chi connectivity index (χ1) is 7.61. The first kappa shape index (κ1) is 11.3. The summed E-state index contributed by atoms with van der Waals surface area (Å²) in [6.45, 7) is 0.760. The molecule has 1 aromatic rings. The molecule has 1 aliphatic rings. The minimum Gasteiger partial charge on any atom is -0.378 e. The summed E-state index contributed by atoms with van der Waals surface area (Å²) in [5.41, 5.74) is -0.641. The predicted molar refractivity (Wildman–Crippen MR) is 47.8 cm³/mol. The summed E-state index contributed by atoms with van der Waals surface area (Å²) in [7, 11) is 0. The first-order valence-electron chi connectivity index (χ1n) is 4.75. The highest BCUT2D eigenvalue weighted by atomic mass is 19.2. The molecule has 0 saturated carbocycles. The molecule has 1 heterocycles. The summed E-state index contributed by atoms with van der Waals surface area (Å²) in [6, 6.07) is -0.670. The van der Waals surface area contributed by atoms with Crippen molar-refractivity contribution in [1.82, 2.24) is 5.32 Å². The highest BCUT2D eigenvalue weighted by molar-refractivity contribution is 5.26. The highest BCUT2D eigenvalue weighted by Gasteiger charge is 2.27. The molecule has 0 unspecified atom stereocenters. The Kier molecular flexibility index (Phi) is 3.11. The van der Waals surface area contributed by atoms with Crippen LogP contribution in [0.15, 0.2) is 6.07 Å². The first-order valence-corrected chi connectivity index (χ1v) is 4.75. The van der Waals surface area contributed by atoms with Gasteiger partial charge in [-0.3, -0.25) is 0 Å². The van der Waals surface area contributed by atoms with E-state index in [2.05, 4.69) is 5.32 Å². The van der Waals surface area contributed by atoms with Crippen LogP contribution in [0.5, 0.6) is 0 Å². The molecule has 2 nitrogen and oxygen atoms in total. The van der Waals surface area contributed by atoms with Crippen LogP contribution in [0.25, 0.3) is 0 Å². The molecule has 0 amide bonds. The summed E-state index contributed by atoms with van der Waals surface area (Å²) in [4.78, 5) is 0. The Morgan fingerprint density at radius 1 is 1.12 bits per heavy atom.